The van der Waals surface area contributed by atoms with E-state index in [2.05, 4.69) is 5.32 Å². The number of anilines is 1. The van der Waals surface area contributed by atoms with Crippen molar-refractivity contribution in [2.45, 2.75) is 26.4 Å². The lowest BCUT2D eigenvalue weighted by Gasteiger charge is -2.31. The van der Waals surface area contributed by atoms with E-state index in [1.165, 1.54) is 23.1 Å². The van der Waals surface area contributed by atoms with Gasteiger partial charge in [0, 0.05) is 23.1 Å². The molecule has 2 rings (SSSR count). The van der Waals surface area contributed by atoms with Crippen molar-refractivity contribution in [2.24, 2.45) is 0 Å². The Bertz CT molecular complexity index is 1100. The highest BCUT2D eigenvalue weighted by molar-refractivity contribution is 7.92. The van der Waals surface area contributed by atoms with Gasteiger partial charge in [0.2, 0.25) is 21.8 Å². The van der Waals surface area contributed by atoms with Gasteiger partial charge < -0.3 is 10.2 Å². The fraction of sp³-hybridized carbons (Fsp3) is 0.333. The normalized spacial score (nSPS) is 12.2. The Morgan fingerprint density at radius 1 is 1.06 bits per heavy atom. The van der Waals surface area contributed by atoms with Crippen LogP contribution in [0.5, 0.6) is 0 Å². The van der Waals surface area contributed by atoms with Crippen LogP contribution in [-0.4, -0.2) is 50.5 Å². The summed E-state index contributed by atoms with van der Waals surface area (Å²) in [5, 5.41) is 3.50. The molecule has 2 aromatic rings. The Morgan fingerprint density at radius 3 is 2.28 bits per heavy atom. The van der Waals surface area contributed by atoms with Crippen LogP contribution in [0.3, 0.4) is 0 Å². The van der Waals surface area contributed by atoms with E-state index in [4.69, 9.17) is 34.8 Å². The first-order valence-electron chi connectivity index (χ1n) is 9.69. The predicted octanol–water partition coefficient (Wildman–Crippen LogP) is 3.97. The Balaban J connectivity index is 2.43. The Morgan fingerprint density at radius 2 is 1.72 bits per heavy atom. The standard InChI is InChI=1S/C21H24Cl3N3O4S/c1-4-25-21(29)14(2)26(12-15-7-5-6-8-17(15)23)20(28)13-27(32(3,30)31)19-10-9-16(22)11-18(19)24/h5-11,14H,4,12-13H2,1-3H3,(H,25,29)/t14-/m0/s1. The Hall–Kier alpha value is -2.00. The minimum absolute atomic E-state index is 0.0166. The molecule has 0 aliphatic carbocycles. The van der Waals surface area contributed by atoms with Gasteiger partial charge in [-0.25, -0.2) is 8.42 Å². The van der Waals surface area contributed by atoms with Crippen molar-refractivity contribution in [1.29, 1.82) is 0 Å². The van der Waals surface area contributed by atoms with Crippen LogP contribution in [0, 0.1) is 0 Å². The van der Waals surface area contributed by atoms with E-state index in [1.807, 2.05) is 0 Å². The lowest BCUT2D eigenvalue weighted by atomic mass is 10.1. The second-order valence-corrected chi connectivity index (χ2v) is 10.2. The van der Waals surface area contributed by atoms with Gasteiger partial charge in [0.05, 0.1) is 17.0 Å². The van der Waals surface area contributed by atoms with Gasteiger partial charge >= 0.3 is 0 Å². The van der Waals surface area contributed by atoms with E-state index in [0.29, 0.717) is 22.2 Å². The van der Waals surface area contributed by atoms with Gasteiger partial charge in [0.15, 0.2) is 0 Å². The molecule has 1 N–H and O–H groups in total. The monoisotopic (exact) mass is 519 g/mol. The van der Waals surface area contributed by atoms with Crippen LogP contribution in [0.2, 0.25) is 15.1 Å². The lowest BCUT2D eigenvalue weighted by Crippen LogP contribution is -2.51. The average molecular weight is 521 g/mol. The quantitative estimate of drug-likeness (QED) is 0.542. The topological polar surface area (TPSA) is 86.8 Å². The molecule has 0 unspecified atom stereocenters. The summed E-state index contributed by atoms with van der Waals surface area (Å²) in [5.74, 6) is -0.969. The second-order valence-electron chi connectivity index (χ2n) is 7.05. The zero-order chi connectivity index (χ0) is 24.1. The van der Waals surface area contributed by atoms with Gasteiger partial charge in [0.25, 0.3) is 0 Å². The van der Waals surface area contributed by atoms with Gasteiger partial charge in [-0.2, -0.15) is 0 Å². The number of amides is 2. The van der Waals surface area contributed by atoms with Gasteiger partial charge in [0.1, 0.15) is 12.6 Å². The molecule has 0 aliphatic heterocycles. The van der Waals surface area contributed by atoms with E-state index < -0.39 is 28.5 Å². The van der Waals surface area contributed by atoms with Crippen LogP contribution >= 0.6 is 34.8 Å². The van der Waals surface area contributed by atoms with Gasteiger partial charge in [-0.3, -0.25) is 13.9 Å². The number of rotatable bonds is 9. The highest BCUT2D eigenvalue weighted by atomic mass is 35.5. The number of nitrogens with one attached hydrogen (secondary N) is 1. The van der Waals surface area contributed by atoms with Crippen molar-refractivity contribution in [1.82, 2.24) is 10.2 Å². The number of hydrogen-bond acceptors (Lipinski definition) is 4. The van der Waals surface area contributed by atoms with Crippen molar-refractivity contribution in [3.05, 3.63) is 63.1 Å². The molecule has 0 saturated carbocycles. The van der Waals surface area contributed by atoms with Crippen LogP contribution in [0.25, 0.3) is 0 Å². The zero-order valence-corrected chi connectivity index (χ0v) is 20.9. The summed E-state index contributed by atoms with van der Waals surface area (Å²) in [6, 6.07) is 10.3. The third-order valence-corrected chi connectivity index (χ3v) is 6.71. The number of benzene rings is 2. The minimum Gasteiger partial charge on any atom is -0.355 e. The smallest absolute Gasteiger partial charge is 0.244 e. The first-order valence-corrected chi connectivity index (χ1v) is 12.7. The molecule has 0 aliphatic rings. The first kappa shape index (κ1) is 26.3. The molecule has 7 nitrogen and oxygen atoms in total. The molecule has 0 aromatic heterocycles. The van der Waals surface area contributed by atoms with Gasteiger partial charge in [-0.1, -0.05) is 53.0 Å². The van der Waals surface area contributed by atoms with Gasteiger partial charge in [-0.15, -0.1) is 0 Å². The number of hydrogen-bond donors (Lipinski definition) is 1. The molecule has 0 radical (unpaired) electrons. The molecule has 2 amide bonds. The molecule has 32 heavy (non-hydrogen) atoms. The van der Waals surface area contributed by atoms with E-state index in [9.17, 15) is 18.0 Å². The zero-order valence-electron chi connectivity index (χ0n) is 17.8. The number of halogens is 3. The highest BCUT2D eigenvalue weighted by Gasteiger charge is 2.31. The number of sulfonamides is 1. The summed E-state index contributed by atoms with van der Waals surface area (Å²) in [4.78, 5) is 27.1. The molecule has 174 valence electrons. The van der Waals surface area contributed by atoms with Crippen LogP contribution in [0.15, 0.2) is 42.5 Å². The molecule has 11 heteroatoms. The maximum Gasteiger partial charge on any atom is 0.244 e. The van der Waals surface area contributed by atoms with Crippen molar-refractivity contribution < 1.29 is 18.0 Å². The van der Waals surface area contributed by atoms with Gasteiger partial charge in [-0.05, 0) is 43.7 Å². The summed E-state index contributed by atoms with van der Waals surface area (Å²) in [7, 11) is -3.89. The molecule has 0 bridgehead atoms. The van der Waals surface area contributed by atoms with Crippen LogP contribution in [0.1, 0.15) is 19.4 Å². The SMILES string of the molecule is CCNC(=O)[C@H](C)N(Cc1ccccc1Cl)C(=O)CN(c1ccc(Cl)cc1Cl)S(C)(=O)=O. The molecule has 2 aromatic carbocycles. The summed E-state index contributed by atoms with van der Waals surface area (Å²) < 4.78 is 25.9. The maximum atomic E-state index is 13.3. The minimum atomic E-state index is -3.89. The fourth-order valence-electron chi connectivity index (χ4n) is 2.99. The predicted molar refractivity (Wildman–Crippen MR) is 129 cm³/mol. The molecular weight excluding hydrogens is 497 g/mol. The van der Waals surface area contributed by atoms with E-state index in [-0.39, 0.29) is 23.2 Å². The number of nitrogens with zero attached hydrogens (tertiary/aromatic N) is 2. The van der Waals surface area contributed by atoms with E-state index in [0.717, 1.165) is 10.6 Å². The summed E-state index contributed by atoms with van der Waals surface area (Å²) >= 11 is 18.4. The maximum absolute atomic E-state index is 13.3. The van der Waals surface area contributed by atoms with Crippen molar-refractivity contribution >= 4 is 62.3 Å². The van der Waals surface area contributed by atoms with Crippen molar-refractivity contribution in [3.63, 3.8) is 0 Å². The lowest BCUT2D eigenvalue weighted by molar-refractivity contribution is -0.139. The average Bonchev–Trinajstić information content (AvgIpc) is 2.70. The Kier molecular flexibility index (Phi) is 9.21. The number of likely N-dealkylation sites (N-methyl/N-ethyl adjacent to an activating group) is 1. The van der Waals surface area contributed by atoms with Crippen molar-refractivity contribution in [3.8, 4) is 0 Å². The van der Waals surface area contributed by atoms with Crippen LogP contribution in [0.4, 0.5) is 5.69 Å². The third-order valence-electron chi connectivity index (χ3n) is 4.67. The molecule has 0 spiro atoms. The molecular formula is C21H24Cl3N3O4S. The van der Waals surface area contributed by atoms with Crippen LogP contribution < -0.4 is 9.62 Å². The molecule has 0 saturated heterocycles. The second kappa shape index (κ2) is 11.2. The largest absolute Gasteiger partial charge is 0.355 e. The third kappa shape index (κ3) is 6.75. The first-order chi connectivity index (χ1) is 15.0. The van der Waals surface area contributed by atoms with Crippen LogP contribution in [-0.2, 0) is 26.2 Å². The molecule has 1 atom stereocenters. The van der Waals surface area contributed by atoms with Crippen molar-refractivity contribution in [2.75, 3.05) is 23.7 Å². The van der Waals surface area contributed by atoms with E-state index >= 15 is 0 Å². The molecule has 0 heterocycles. The summed E-state index contributed by atoms with van der Waals surface area (Å²) in [6.07, 6.45) is 0.969. The number of carbonyl (C=O) groups is 2. The molecule has 0 fully saturated rings. The highest BCUT2D eigenvalue weighted by Crippen LogP contribution is 2.30. The Labute approximate surface area is 203 Å². The fourth-order valence-corrected chi connectivity index (χ4v) is 4.61. The van der Waals surface area contributed by atoms with E-state index in [1.54, 1.807) is 38.1 Å². The summed E-state index contributed by atoms with van der Waals surface area (Å²) in [6.45, 7) is 3.17. The number of carbonyl (C=O) groups excluding carboxylic acids is 2. The summed E-state index contributed by atoms with van der Waals surface area (Å²) in [5.41, 5.74) is 0.726.